The number of benzene rings is 1. The number of fused-ring (bicyclic) bond motifs is 1. The number of aliphatic hydroxyl groups is 1. The van der Waals surface area contributed by atoms with Crippen molar-refractivity contribution in [1.82, 2.24) is 9.88 Å². The number of para-hydroxylation sites is 1. The fourth-order valence-corrected chi connectivity index (χ4v) is 3.30. The van der Waals surface area contributed by atoms with Crippen LogP contribution in [-0.4, -0.2) is 40.1 Å². The molecule has 4 nitrogen and oxygen atoms in total. The third-order valence-corrected chi connectivity index (χ3v) is 4.51. The Labute approximate surface area is 124 Å². The van der Waals surface area contributed by atoms with Crippen molar-refractivity contribution in [2.45, 2.75) is 37.7 Å². The summed E-state index contributed by atoms with van der Waals surface area (Å²) in [5, 5.41) is 11.5. The summed E-state index contributed by atoms with van der Waals surface area (Å²) in [6.45, 7) is 0.439. The van der Waals surface area contributed by atoms with Crippen LogP contribution in [0.2, 0.25) is 0 Å². The first kappa shape index (κ1) is 14.1. The Hall–Kier alpha value is -1.81. The van der Waals surface area contributed by atoms with E-state index < -0.39 is 5.60 Å². The predicted molar refractivity (Wildman–Crippen MR) is 83.1 cm³/mol. The highest BCUT2D eigenvalue weighted by atomic mass is 16.3. The molecule has 1 aromatic carbocycles. The van der Waals surface area contributed by atoms with E-state index in [2.05, 4.69) is 4.98 Å². The number of nitrogens with one attached hydrogen (secondary N) is 1. The molecule has 4 heteroatoms. The number of amides is 1. The van der Waals surface area contributed by atoms with Crippen molar-refractivity contribution < 1.29 is 9.90 Å². The summed E-state index contributed by atoms with van der Waals surface area (Å²) in [6.07, 6.45) is 5.99. The normalized spacial score (nSPS) is 17.2. The van der Waals surface area contributed by atoms with E-state index in [1.807, 2.05) is 30.5 Å². The highest BCUT2D eigenvalue weighted by molar-refractivity contribution is 5.88. The molecule has 2 N–H and O–H groups in total. The summed E-state index contributed by atoms with van der Waals surface area (Å²) < 4.78 is 0. The van der Waals surface area contributed by atoms with Gasteiger partial charge in [0.1, 0.15) is 0 Å². The molecule has 1 aliphatic carbocycles. The standard InChI is InChI=1S/C17H22N2O2/c1-19(12-17(21)8-4-5-9-17)16(20)10-13-11-18-15-7-3-2-6-14(13)15/h2-3,6-7,11,18,21H,4-5,8-10,12H2,1H3. The van der Waals surface area contributed by atoms with Gasteiger partial charge in [0.2, 0.25) is 5.91 Å². The fourth-order valence-electron chi connectivity index (χ4n) is 3.30. The molecule has 1 saturated carbocycles. The van der Waals surface area contributed by atoms with E-state index in [1.54, 1.807) is 11.9 Å². The fraction of sp³-hybridized carbons (Fsp3) is 0.471. The monoisotopic (exact) mass is 286 g/mol. The molecule has 1 aromatic heterocycles. The lowest BCUT2D eigenvalue weighted by molar-refractivity contribution is -0.132. The predicted octanol–water partition coefficient (Wildman–Crippen LogP) is 2.47. The van der Waals surface area contributed by atoms with Crippen LogP contribution in [0.1, 0.15) is 31.2 Å². The maximum Gasteiger partial charge on any atom is 0.226 e. The topological polar surface area (TPSA) is 56.3 Å². The van der Waals surface area contributed by atoms with E-state index in [4.69, 9.17) is 0 Å². The Morgan fingerprint density at radius 2 is 2.05 bits per heavy atom. The molecule has 0 bridgehead atoms. The van der Waals surface area contributed by atoms with Gasteiger partial charge in [-0.05, 0) is 24.5 Å². The van der Waals surface area contributed by atoms with Gasteiger partial charge < -0.3 is 15.0 Å². The second-order valence-electron chi connectivity index (χ2n) is 6.22. The van der Waals surface area contributed by atoms with Gasteiger partial charge in [-0.1, -0.05) is 31.0 Å². The number of aromatic amines is 1. The summed E-state index contributed by atoms with van der Waals surface area (Å²) in [7, 11) is 1.79. The molecule has 112 valence electrons. The first-order valence-corrected chi connectivity index (χ1v) is 7.59. The number of hydrogen-bond donors (Lipinski definition) is 2. The molecule has 1 amide bonds. The van der Waals surface area contributed by atoms with Gasteiger partial charge in [-0.25, -0.2) is 0 Å². The summed E-state index contributed by atoms with van der Waals surface area (Å²) in [4.78, 5) is 17.3. The summed E-state index contributed by atoms with van der Waals surface area (Å²) in [6, 6.07) is 7.99. The maximum atomic E-state index is 12.4. The molecule has 3 rings (SSSR count). The van der Waals surface area contributed by atoms with Crippen molar-refractivity contribution in [2.75, 3.05) is 13.6 Å². The van der Waals surface area contributed by atoms with E-state index in [-0.39, 0.29) is 5.91 Å². The lowest BCUT2D eigenvalue weighted by atomic mass is 10.0. The third-order valence-electron chi connectivity index (χ3n) is 4.51. The van der Waals surface area contributed by atoms with Gasteiger partial charge in [0.25, 0.3) is 0 Å². The number of nitrogens with zero attached hydrogens (tertiary/aromatic N) is 1. The molecular weight excluding hydrogens is 264 g/mol. The van der Waals surface area contributed by atoms with Crippen LogP contribution in [0.4, 0.5) is 0 Å². The molecule has 1 aliphatic rings. The molecule has 0 aliphatic heterocycles. The number of H-pyrrole nitrogens is 1. The smallest absolute Gasteiger partial charge is 0.226 e. The second-order valence-corrected chi connectivity index (χ2v) is 6.22. The number of hydrogen-bond acceptors (Lipinski definition) is 2. The molecule has 2 aromatic rings. The molecule has 0 spiro atoms. The van der Waals surface area contributed by atoms with Crippen LogP contribution < -0.4 is 0 Å². The SMILES string of the molecule is CN(CC1(O)CCCC1)C(=O)Cc1c[nH]c2ccccc12. The van der Waals surface area contributed by atoms with Crippen LogP contribution >= 0.6 is 0 Å². The van der Waals surface area contributed by atoms with Crippen LogP contribution in [0.5, 0.6) is 0 Å². The van der Waals surface area contributed by atoms with Crippen LogP contribution in [-0.2, 0) is 11.2 Å². The van der Waals surface area contributed by atoms with Crippen molar-refractivity contribution >= 4 is 16.8 Å². The van der Waals surface area contributed by atoms with Crippen LogP contribution in [0, 0.1) is 0 Å². The van der Waals surface area contributed by atoms with Crippen molar-refractivity contribution in [1.29, 1.82) is 0 Å². The maximum absolute atomic E-state index is 12.4. The highest BCUT2D eigenvalue weighted by Crippen LogP contribution is 2.30. The number of aromatic nitrogens is 1. The Bertz CT molecular complexity index is 641. The van der Waals surface area contributed by atoms with Crippen molar-refractivity contribution in [3.8, 4) is 0 Å². The van der Waals surface area contributed by atoms with Gasteiger partial charge in [-0.15, -0.1) is 0 Å². The Balaban J connectivity index is 1.68. The first-order chi connectivity index (χ1) is 10.1. The largest absolute Gasteiger partial charge is 0.388 e. The Morgan fingerprint density at radius 3 is 2.81 bits per heavy atom. The van der Waals surface area contributed by atoms with Gasteiger partial charge in [-0.3, -0.25) is 4.79 Å². The van der Waals surface area contributed by atoms with Crippen LogP contribution in [0.3, 0.4) is 0 Å². The van der Waals surface area contributed by atoms with E-state index in [9.17, 15) is 9.90 Å². The zero-order valence-corrected chi connectivity index (χ0v) is 12.4. The molecule has 0 atom stereocenters. The van der Waals surface area contributed by atoms with Crippen molar-refractivity contribution in [3.05, 3.63) is 36.0 Å². The van der Waals surface area contributed by atoms with Crippen molar-refractivity contribution in [2.24, 2.45) is 0 Å². The van der Waals surface area contributed by atoms with Crippen molar-refractivity contribution in [3.63, 3.8) is 0 Å². The Morgan fingerprint density at radius 1 is 1.33 bits per heavy atom. The minimum atomic E-state index is -0.676. The summed E-state index contributed by atoms with van der Waals surface area (Å²) >= 11 is 0. The number of rotatable bonds is 4. The number of carbonyl (C=O) groups excluding carboxylic acids is 1. The average molecular weight is 286 g/mol. The van der Waals surface area contributed by atoms with E-state index >= 15 is 0 Å². The summed E-state index contributed by atoms with van der Waals surface area (Å²) in [5.74, 6) is 0.0556. The van der Waals surface area contributed by atoms with Crippen LogP contribution in [0.25, 0.3) is 10.9 Å². The third kappa shape index (κ3) is 2.95. The second kappa shape index (κ2) is 5.53. The number of likely N-dealkylation sites (N-methyl/N-ethyl adjacent to an activating group) is 1. The van der Waals surface area contributed by atoms with Gasteiger partial charge in [0, 0.05) is 30.7 Å². The molecule has 21 heavy (non-hydrogen) atoms. The highest BCUT2D eigenvalue weighted by Gasteiger charge is 2.33. The van der Waals surface area contributed by atoms with Gasteiger partial charge in [0.05, 0.1) is 12.0 Å². The Kier molecular flexibility index (Phi) is 3.72. The minimum Gasteiger partial charge on any atom is -0.388 e. The average Bonchev–Trinajstić information content (AvgIpc) is 3.06. The molecular formula is C17H22N2O2. The minimum absolute atomic E-state index is 0.0556. The van der Waals surface area contributed by atoms with Gasteiger partial charge in [0.15, 0.2) is 0 Å². The zero-order chi connectivity index (χ0) is 14.9. The van der Waals surface area contributed by atoms with Gasteiger partial charge >= 0.3 is 0 Å². The summed E-state index contributed by atoms with van der Waals surface area (Å²) in [5.41, 5.74) is 1.39. The first-order valence-electron chi connectivity index (χ1n) is 7.59. The van der Waals surface area contributed by atoms with E-state index in [0.29, 0.717) is 13.0 Å². The van der Waals surface area contributed by atoms with E-state index in [1.165, 1.54) is 0 Å². The lowest BCUT2D eigenvalue weighted by Crippen LogP contribution is -2.42. The quantitative estimate of drug-likeness (QED) is 0.907. The van der Waals surface area contributed by atoms with E-state index in [0.717, 1.165) is 42.1 Å². The molecule has 1 fully saturated rings. The zero-order valence-electron chi connectivity index (χ0n) is 12.4. The van der Waals surface area contributed by atoms with Crippen LogP contribution in [0.15, 0.2) is 30.5 Å². The molecule has 0 radical (unpaired) electrons. The molecule has 0 unspecified atom stereocenters. The van der Waals surface area contributed by atoms with Gasteiger partial charge in [-0.2, -0.15) is 0 Å². The number of carbonyl (C=O) groups is 1. The lowest BCUT2D eigenvalue weighted by Gasteiger charge is -2.28. The molecule has 1 heterocycles. The molecule has 0 saturated heterocycles.